The van der Waals surface area contributed by atoms with E-state index < -0.39 is 5.91 Å². The van der Waals surface area contributed by atoms with Crippen LogP contribution in [0.2, 0.25) is 0 Å². The van der Waals surface area contributed by atoms with E-state index in [-0.39, 0.29) is 35.6 Å². The van der Waals surface area contributed by atoms with Crippen molar-refractivity contribution in [1.82, 2.24) is 0 Å². The third-order valence-corrected chi connectivity index (χ3v) is 4.97. The van der Waals surface area contributed by atoms with Gasteiger partial charge in [0.25, 0.3) is 5.91 Å². The van der Waals surface area contributed by atoms with Gasteiger partial charge in [0.1, 0.15) is 0 Å². The fraction of sp³-hybridized carbons (Fsp3) is 0.238. The second-order valence-corrected chi connectivity index (χ2v) is 6.94. The molecule has 2 unspecified atom stereocenters. The molecule has 2 aliphatic carbocycles. The summed E-state index contributed by atoms with van der Waals surface area (Å²) in [7, 11) is 0. The largest absolute Gasteiger partial charge is 0.455 e. The second-order valence-electron chi connectivity index (χ2n) is 6.94. The molecule has 0 aromatic heterocycles. The lowest BCUT2D eigenvalue weighted by Gasteiger charge is -2.18. The van der Waals surface area contributed by atoms with Crippen LogP contribution in [0, 0.1) is 11.8 Å². The lowest BCUT2D eigenvalue weighted by atomic mass is 9.84. The highest BCUT2D eigenvalue weighted by atomic mass is 16.5. The van der Waals surface area contributed by atoms with E-state index in [9.17, 15) is 19.2 Å². The van der Waals surface area contributed by atoms with Gasteiger partial charge < -0.3 is 10.1 Å². The van der Waals surface area contributed by atoms with E-state index in [4.69, 9.17) is 4.74 Å². The smallest absolute Gasteiger partial charge is 0.309 e. The Morgan fingerprint density at radius 3 is 2.22 bits per heavy atom. The van der Waals surface area contributed by atoms with Crippen LogP contribution in [0.15, 0.2) is 42.5 Å². The quantitative estimate of drug-likeness (QED) is 0.720. The maximum Gasteiger partial charge on any atom is 0.309 e. The highest BCUT2D eigenvalue weighted by Gasteiger charge is 2.40. The normalized spacial score (nSPS) is 19.7. The number of carbonyl (C=O) groups excluding carboxylic acids is 4. The summed E-state index contributed by atoms with van der Waals surface area (Å²) in [6.45, 7) is 1.57. The van der Waals surface area contributed by atoms with Gasteiger partial charge in [0.05, 0.1) is 5.92 Å². The van der Waals surface area contributed by atoms with E-state index in [1.165, 1.54) is 12.1 Å². The van der Waals surface area contributed by atoms with E-state index in [0.717, 1.165) is 6.42 Å². The summed E-state index contributed by atoms with van der Waals surface area (Å²) in [4.78, 5) is 48.9. The van der Waals surface area contributed by atoms with Crippen molar-refractivity contribution in [2.24, 2.45) is 11.8 Å². The summed E-state index contributed by atoms with van der Waals surface area (Å²) in [5, 5.41) is 2.60. The highest BCUT2D eigenvalue weighted by molar-refractivity contribution is 6.28. The van der Waals surface area contributed by atoms with Crippen molar-refractivity contribution < 1.29 is 23.9 Å². The van der Waals surface area contributed by atoms with Gasteiger partial charge in [0.2, 0.25) is 0 Å². The summed E-state index contributed by atoms with van der Waals surface area (Å²) in [5.41, 5.74) is 1.67. The minimum Gasteiger partial charge on any atom is -0.455 e. The fourth-order valence-electron chi connectivity index (χ4n) is 3.27. The SMILES string of the molecule is CC1CC1C(=O)OCC(=O)Nc1ccc2c(c1)C(=O)c1ccccc1C2=O. The molecule has 6 nitrogen and oxygen atoms in total. The van der Waals surface area contributed by atoms with Crippen LogP contribution in [-0.2, 0) is 14.3 Å². The topological polar surface area (TPSA) is 89.5 Å². The zero-order chi connectivity index (χ0) is 19.1. The predicted molar refractivity (Wildman–Crippen MR) is 96.6 cm³/mol. The molecule has 2 aromatic rings. The first-order valence-electron chi connectivity index (χ1n) is 8.74. The lowest BCUT2D eigenvalue weighted by molar-refractivity contribution is -0.148. The molecule has 6 heteroatoms. The van der Waals surface area contributed by atoms with Crippen molar-refractivity contribution in [2.75, 3.05) is 11.9 Å². The first-order valence-corrected chi connectivity index (χ1v) is 8.74. The van der Waals surface area contributed by atoms with Crippen LogP contribution in [-0.4, -0.2) is 30.0 Å². The molecule has 0 saturated heterocycles. The standard InChI is InChI=1S/C21H17NO5/c1-11-8-16(11)21(26)27-10-18(23)22-12-6-7-15-17(9-12)20(25)14-5-3-2-4-13(14)19(15)24/h2-7,9,11,16H,8,10H2,1H3,(H,22,23). The average molecular weight is 363 g/mol. The number of hydrogen-bond donors (Lipinski definition) is 1. The minimum absolute atomic E-state index is 0.106. The van der Waals surface area contributed by atoms with Gasteiger partial charge in [-0.3, -0.25) is 19.2 Å². The molecule has 0 spiro atoms. The van der Waals surface area contributed by atoms with Crippen LogP contribution in [0.25, 0.3) is 0 Å². The molecule has 0 aliphatic heterocycles. The summed E-state index contributed by atoms with van der Waals surface area (Å²) in [6, 6.07) is 11.2. The van der Waals surface area contributed by atoms with Crippen LogP contribution in [0.1, 0.15) is 45.2 Å². The molecule has 1 saturated carbocycles. The molecule has 2 aliphatic rings. The Morgan fingerprint density at radius 2 is 1.59 bits per heavy atom. The van der Waals surface area contributed by atoms with Crippen molar-refractivity contribution in [1.29, 1.82) is 0 Å². The summed E-state index contributed by atoms with van der Waals surface area (Å²) < 4.78 is 5.00. The van der Waals surface area contributed by atoms with Crippen LogP contribution in [0.3, 0.4) is 0 Å². The summed E-state index contributed by atoms with van der Waals surface area (Å²) in [6.07, 6.45) is 0.795. The average Bonchev–Trinajstić information content (AvgIpc) is 3.41. The van der Waals surface area contributed by atoms with E-state index >= 15 is 0 Å². The van der Waals surface area contributed by atoms with Crippen molar-refractivity contribution in [3.8, 4) is 0 Å². The van der Waals surface area contributed by atoms with Gasteiger partial charge in [-0.1, -0.05) is 31.2 Å². The minimum atomic E-state index is -0.494. The highest BCUT2D eigenvalue weighted by Crippen LogP contribution is 2.38. The molecule has 0 bridgehead atoms. The van der Waals surface area contributed by atoms with Crippen LogP contribution < -0.4 is 5.32 Å². The number of benzene rings is 2. The molecule has 0 radical (unpaired) electrons. The Kier molecular flexibility index (Phi) is 4.11. The van der Waals surface area contributed by atoms with Crippen LogP contribution in [0.4, 0.5) is 5.69 Å². The number of anilines is 1. The zero-order valence-corrected chi connectivity index (χ0v) is 14.7. The van der Waals surface area contributed by atoms with Crippen molar-refractivity contribution in [3.63, 3.8) is 0 Å². The molecule has 27 heavy (non-hydrogen) atoms. The number of nitrogens with one attached hydrogen (secondary N) is 1. The van der Waals surface area contributed by atoms with E-state index in [2.05, 4.69) is 5.32 Å². The molecule has 0 heterocycles. The molecule has 2 aromatic carbocycles. The van der Waals surface area contributed by atoms with Crippen molar-refractivity contribution in [2.45, 2.75) is 13.3 Å². The number of ketones is 2. The summed E-state index contributed by atoms with van der Waals surface area (Å²) in [5.74, 6) is -1.12. The van der Waals surface area contributed by atoms with E-state index in [1.54, 1.807) is 30.3 Å². The van der Waals surface area contributed by atoms with Gasteiger partial charge in [-0.25, -0.2) is 0 Å². The Hall–Kier alpha value is -3.28. The zero-order valence-electron chi connectivity index (χ0n) is 14.7. The Labute approximate surface area is 155 Å². The van der Waals surface area contributed by atoms with Crippen LogP contribution >= 0.6 is 0 Å². The molecular weight excluding hydrogens is 346 g/mol. The number of carbonyl (C=O) groups is 4. The predicted octanol–water partition coefficient (Wildman–Crippen LogP) is 2.60. The van der Waals surface area contributed by atoms with Gasteiger partial charge in [0, 0.05) is 27.9 Å². The lowest BCUT2D eigenvalue weighted by Crippen LogP contribution is -2.23. The number of hydrogen-bond acceptors (Lipinski definition) is 5. The number of rotatable bonds is 4. The second kappa shape index (κ2) is 6.46. The Morgan fingerprint density at radius 1 is 1.00 bits per heavy atom. The molecule has 2 atom stereocenters. The third-order valence-electron chi connectivity index (χ3n) is 4.97. The molecule has 4 rings (SSSR count). The van der Waals surface area contributed by atoms with Crippen LogP contribution in [0.5, 0.6) is 0 Å². The molecule has 136 valence electrons. The van der Waals surface area contributed by atoms with Gasteiger partial charge >= 0.3 is 5.97 Å². The Balaban J connectivity index is 1.48. The monoisotopic (exact) mass is 363 g/mol. The number of esters is 1. The van der Waals surface area contributed by atoms with E-state index in [0.29, 0.717) is 28.3 Å². The molecule has 1 fully saturated rings. The maximum absolute atomic E-state index is 12.7. The van der Waals surface area contributed by atoms with Crippen molar-refractivity contribution >= 4 is 29.1 Å². The number of ether oxygens (including phenoxy) is 1. The fourth-order valence-corrected chi connectivity index (χ4v) is 3.27. The first kappa shape index (κ1) is 17.1. The van der Waals surface area contributed by atoms with Gasteiger partial charge in [-0.2, -0.15) is 0 Å². The van der Waals surface area contributed by atoms with Gasteiger partial charge in [-0.05, 0) is 30.5 Å². The number of fused-ring (bicyclic) bond motifs is 2. The third kappa shape index (κ3) is 3.14. The summed E-state index contributed by atoms with van der Waals surface area (Å²) >= 11 is 0. The Bertz CT molecular complexity index is 994. The number of amides is 1. The van der Waals surface area contributed by atoms with Crippen molar-refractivity contribution in [3.05, 3.63) is 64.7 Å². The first-order chi connectivity index (χ1) is 13.0. The van der Waals surface area contributed by atoms with Gasteiger partial charge in [0.15, 0.2) is 18.2 Å². The van der Waals surface area contributed by atoms with E-state index in [1.807, 2.05) is 6.92 Å². The molecule has 1 N–H and O–H groups in total. The maximum atomic E-state index is 12.7. The van der Waals surface area contributed by atoms with Gasteiger partial charge in [-0.15, -0.1) is 0 Å². The molecular formula is C21H17NO5. The molecule has 1 amide bonds.